The van der Waals surface area contributed by atoms with Gasteiger partial charge >= 0.3 is 0 Å². The molecule has 2 heterocycles. The fraction of sp³-hybridized carbons (Fsp3) is 0.231. The number of carbonyl (C=O) groups excluding carboxylic acids is 1. The lowest BCUT2D eigenvalue weighted by Gasteiger charge is -2.08. The number of nitro benzene ring substituents is 1. The molecule has 0 aliphatic heterocycles. The molecular formula is C13H13N7O3. The van der Waals surface area contributed by atoms with Gasteiger partial charge in [0, 0.05) is 41.7 Å². The van der Waals surface area contributed by atoms with E-state index in [4.69, 9.17) is 0 Å². The zero-order valence-electron chi connectivity index (χ0n) is 12.1. The molecule has 2 aromatic heterocycles. The van der Waals surface area contributed by atoms with Crippen molar-refractivity contribution in [3.8, 4) is 0 Å². The molecule has 0 spiro atoms. The van der Waals surface area contributed by atoms with Crippen molar-refractivity contribution in [1.82, 2.24) is 30.9 Å². The number of aromatic amines is 2. The van der Waals surface area contributed by atoms with Crippen LogP contribution in [-0.4, -0.2) is 43.0 Å². The molecule has 10 heteroatoms. The highest BCUT2D eigenvalue weighted by Crippen LogP contribution is 2.23. The average molecular weight is 315 g/mol. The molecule has 3 rings (SSSR count). The fourth-order valence-corrected chi connectivity index (χ4v) is 2.22. The van der Waals surface area contributed by atoms with Crippen molar-refractivity contribution in [2.45, 2.75) is 12.8 Å². The number of aromatic nitrogens is 5. The highest BCUT2D eigenvalue weighted by atomic mass is 16.6. The SMILES string of the molecule is C[C@@H](CNC(=O)c1c[nH]c2ccc([N+](=O)[O-])cc12)c1nn[nH]n1. The van der Waals surface area contributed by atoms with Crippen LogP contribution < -0.4 is 5.32 Å². The molecule has 10 nitrogen and oxygen atoms in total. The lowest BCUT2D eigenvalue weighted by atomic mass is 10.1. The van der Waals surface area contributed by atoms with Crippen molar-refractivity contribution in [3.05, 3.63) is 45.9 Å². The number of benzene rings is 1. The van der Waals surface area contributed by atoms with Crippen LogP contribution in [-0.2, 0) is 0 Å². The van der Waals surface area contributed by atoms with Crippen LogP contribution in [0.15, 0.2) is 24.4 Å². The van der Waals surface area contributed by atoms with Crippen LogP contribution in [0.3, 0.4) is 0 Å². The maximum atomic E-state index is 12.3. The van der Waals surface area contributed by atoms with Gasteiger partial charge in [-0.1, -0.05) is 12.1 Å². The van der Waals surface area contributed by atoms with Gasteiger partial charge in [0.1, 0.15) is 0 Å². The first-order valence-electron chi connectivity index (χ1n) is 6.83. The van der Waals surface area contributed by atoms with Gasteiger partial charge in [-0.15, -0.1) is 10.2 Å². The summed E-state index contributed by atoms with van der Waals surface area (Å²) in [6.07, 6.45) is 1.53. The number of nitrogens with zero attached hydrogens (tertiary/aromatic N) is 4. The third-order valence-electron chi connectivity index (χ3n) is 3.49. The quantitative estimate of drug-likeness (QED) is 0.475. The smallest absolute Gasteiger partial charge is 0.270 e. The summed E-state index contributed by atoms with van der Waals surface area (Å²) < 4.78 is 0. The lowest BCUT2D eigenvalue weighted by Crippen LogP contribution is -2.27. The molecule has 23 heavy (non-hydrogen) atoms. The molecule has 3 aromatic rings. The van der Waals surface area contributed by atoms with Crippen LogP contribution >= 0.6 is 0 Å². The van der Waals surface area contributed by atoms with Gasteiger partial charge in [0.05, 0.1) is 10.5 Å². The molecule has 3 N–H and O–H groups in total. The fourth-order valence-electron chi connectivity index (χ4n) is 2.22. The summed E-state index contributed by atoms with van der Waals surface area (Å²) in [6, 6.07) is 4.34. The Morgan fingerprint density at radius 3 is 3.00 bits per heavy atom. The summed E-state index contributed by atoms with van der Waals surface area (Å²) in [5, 5.41) is 27.7. The maximum absolute atomic E-state index is 12.3. The van der Waals surface area contributed by atoms with Gasteiger partial charge in [0.25, 0.3) is 11.6 Å². The highest BCUT2D eigenvalue weighted by Gasteiger charge is 2.17. The second kappa shape index (κ2) is 5.83. The van der Waals surface area contributed by atoms with Crippen molar-refractivity contribution < 1.29 is 9.72 Å². The minimum Gasteiger partial charge on any atom is -0.360 e. The highest BCUT2D eigenvalue weighted by molar-refractivity contribution is 6.07. The summed E-state index contributed by atoms with van der Waals surface area (Å²) in [5.74, 6) is 0.0594. The summed E-state index contributed by atoms with van der Waals surface area (Å²) >= 11 is 0. The van der Waals surface area contributed by atoms with E-state index < -0.39 is 4.92 Å². The largest absolute Gasteiger partial charge is 0.360 e. The number of nitro groups is 1. The Kier molecular flexibility index (Phi) is 3.71. The number of nitrogens with one attached hydrogen (secondary N) is 3. The Labute approximate surface area is 129 Å². The molecule has 1 amide bonds. The number of carbonyl (C=O) groups is 1. The number of non-ortho nitro benzene ring substituents is 1. The van der Waals surface area contributed by atoms with Gasteiger partial charge in [-0.05, 0) is 6.07 Å². The van der Waals surface area contributed by atoms with Crippen LogP contribution in [0.4, 0.5) is 5.69 Å². The zero-order valence-corrected chi connectivity index (χ0v) is 12.1. The van der Waals surface area contributed by atoms with E-state index in [1.807, 2.05) is 6.92 Å². The van der Waals surface area contributed by atoms with Crippen molar-refractivity contribution in [2.24, 2.45) is 0 Å². The normalized spacial score (nSPS) is 12.2. The standard InChI is InChI=1S/C13H13N7O3/c1-7(12-16-18-19-17-12)5-15-13(21)10-6-14-11-3-2-8(20(22)23)4-9(10)11/h2-4,6-7,14H,5H2,1H3,(H,15,21)(H,16,17,18,19)/t7-/m0/s1. The van der Waals surface area contributed by atoms with Gasteiger partial charge in [0.15, 0.2) is 5.82 Å². The van der Waals surface area contributed by atoms with E-state index in [0.717, 1.165) is 0 Å². The second-order valence-corrected chi connectivity index (χ2v) is 5.07. The summed E-state index contributed by atoms with van der Waals surface area (Å²) in [7, 11) is 0. The van der Waals surface area contributed by atoms with E-state index in [1.165, 1.54) is 18.3 Å². The van der Waals surface area contributed by atoms with Gasteiger partial charge in [-0.2, -0.15) is 5.21 Å². The third-order valence-corrected chi connectivity index (χ3v) is 3.49. The van der Waals surface area contributed by atoms with E-state index in [0.29, 0.717) is 28.8 Å². The first kappa shape index (κ1) is 14.6. The molecule has 1 aromatic carbocycles. The number of amides is 1. The van der Waals surface area contributed by atoms with Gasteiger partial charge in [-0.3, -0.25) is 14.9 Å². The number of hydrogen-bond acceptors (Lipinski definition) is 6. The topological polar surface area (TPSA) is 142 Å². The number of hydrogen-bond donors (Lipinski definition) is 3. The van der Waals surface area contributed by atoms with E-state index in [1.54, 1.807) is 6.07 Å². The molecule has 0 aliphatic rings. The second-order valence-electron chi connectivity index (χ2n) is 5.07. The number of H-pyrrole nitrogens is 2. The first-order valence-corrected chi connectivity index (χ1v) is 6.83. The van der Waals surface area contributed by atoms with Crippen molar-refractivity contribution in [1.29, 1.82) is 0 Å². The lowest BCUT2D eigenvalue weighted by molar-refractivity contribution is -0.384. The van der Waals surface area contributed by atoms with E-state index in [9.17, 15) is 14.9 Å². The third kappa shape index (κ3) is 2.86. The van der Waals surface area contributed by atoms with Gasteiger partial charge < -0.3 is 10.3 Å². The van der Waals surface area contributed by atoms with Crippen LogP contribution in [0.5, 0.6) is 0 Å². The van der Waals surface area contributed by atoms with Crippen molar-refractivity contribution >= 4 is 22.5 Å². The Hall–Kier alpha value is -3.30. The van der Waals surface area contributed by atoms with Crippen molar-refractivity contribution in [2.75, 3.05) is 6.54 Å². The number of fused-ring (bicyclic) bond motifs is 1. The number of rotatable bonds is 5. The Morgan fingerprint density at radius 1 is 1.48 bits per heavy atom. The van der Waals surface area contributed by atoms with E-state index in [-0.39, 0.29) is 17.5 Å². The van der Waals surface area contributed by atoms with Gasteiger partial charge in [0.2, 0.25) is 0 Å². The Morgan fingerprint density at radius 2 is 2.30 bits per heavy atom. The van der Waals surface area contributed by atoms with E-state index >= 15 is 0 Å². The average Bonchev–Trinajstić information content (AvgIpc) is 3.20. The van der Waals surface area contributed by atoms with Crippen LogP contribution in [0.2, 0.25) is 0 Å². The minimum absolute atomic E-state index is 0.0636. The summed E-state index contributed by atoms with van der Waals surface area (Å²) in [5.41, 5.74) is 0.947. The molecule has 0 radical (unpaired) electrons. The maximum Gasteiger partial charge on any atom is 0.270 e. The van der Waals surface area contributed by atoms with E-state index in [2.05, 4.69) is 30.9 Å². The molecule has 1 atom stereocenters. The molecule has 0 unspecified atom stereocenters. The Bertz CT molecular complexity index is 856. The molecule has 0 saturated heterocycles. The number of tetrazole rings is 1. The zero-order chi connectivity index (χ0) is 16.4. The first-order chi connectivity index (χ1) is 11.1. The van der Waals surface area contributed by atoms with Crippen molar-refractivity contribution in [3.63, 3.8) is 0 Å². The minimum atomic E-state index is -0.494. The summed E-state index contributed by atoms with van der Waals surface area (Å²) in [6.45, 7) is 2.17. The Balaban J connectivity index is 1.78. The molecule has 0 saturated carbocycles. The predicted octanol–water partition coefficient (Wildman–Crippen LogP) is 1.12. The summed E-state index contributed by atoms with van der Waals surface area (Å²) in [4.78, 5) is 25.6. The molecule has 0 bridgehead atoms. The molecule has 0 fully saturated rings. The van der Waals surface area contributed by atoms with Crippen LogP contribution in [0, 0.1) is 10.1 Å². The molecule has 0 aliphatic carbocycles. The van der Waals surface area contributed by atoms with Crippen LogP contribution in [0.25, 0.3) is 10.9 Å². The monoisotopic (exact) mass is 315 g/mol. The van der Waals surface area contributed by atoms with Gasteiger partial charge in [-0.25, -0.2) is 0 Å². The van der Waals surface area contributed by atoms with Crippen LogP contribution in [0.1, 0.15) is 29.0 Å². The predicted molar refractivity (Wildman–Crippen MR) is 79.9 cm³/mol. The molecule has 118 valence electrons. The molecular weight excluding hydrogens is 302 g/mol.